The third-order valence-corrected chi connectivity index (χ3v) is 5.63. The summed E-state index contributed by atoms with van der Waals surface area (Å²) in [7, 11) is 0. The molecule has 0 aliphatic heterocycles. The maximum atomic E-state index is 10.7. The highest BCUT2D eigenvalue weighted by Gasteiger charge is 2.22. The number of hydrogen-bond donors (Lipinski definition) is 2. The smallest absolute Gasteiger partial charge is 0.189 e. The summed E-state index contributed by atoms with van der Waals surface area (Å²) in [5, 5.41) is 21.3. The number of aliphatic hydroxyl groups is 2. The molecule has 2 atom stereocenters. The van der Waals surface area contributed by atoms with Gasteiger partial charge in [-0.05, 0) is 69.0 Å². The second-order valence-electron chi connectivity index (χ2n) is 6.51. The fraction of sp³-hybridized carbons (Fsp3) is 0.455. The molecule has 0 saturated carbocycles. The van der Waals surface area contributed by atoms with Crippen LogP contribution >= 0.6 is 31.9 Å². The minimum Gasteiger partial charge on any atom is -0.466 e. The van der Waals surface area contributed by atoms with Crippen LogP contribution in [0.15, 0.2) is 45.3 Å². The molecule has 2 aromatic carbocycles. The van der Waals surface area contributed by atoms with E-state index in [-0.39, 0.29) is 26.4 Å². The number of rotatable bonds is 13. The summed E-state index contributed by atoms with van der Waals surface area (Å²) in [6.45, 7) is 5.09. The van der Waals surface area contributed by atoms with E-state index in [2.05, 4.69) is 31.9 Å². The Balaban J connectivity index is 2.08. The monoisotopic (exact) mass is 546 g/mol. The van der Waals surface area contributed by atoms with Gasteiger partial charge in [-0.1, -0.05) is 24.3 Å². The van der Waals surface area contributed by atoms with Crippen LogP contribution in [0.1, 0.15) is 25.0 Å². The van der Waals surface area contributed by atoms with Crippen molar-refractivity contribution in [3.8, 4) is 11.5 Å². The Hall–Kier alpha value is -1.16. The number of halogens is 2. The van der Waals surface area contributed by atoms with E-state index >= 15 is 0 Å². The van der Waals surface area contributed by atoms with E-state index in [1.165, 1.54) is 0 Å². The second-order valence-corrected chi connectivity index (χ2v) is 8.22. The van der Waals surface area contributed by atoms with Crippen LogP contribution in [0.25, 0.3) is 0 Å². The largest absolute Gasteiger partial charge is 0.466 e. The molecule has 0 aromatic heterocycles. The van der Waals surface area contributed by atoms with Crippen molar-refractivity contribution in [3.05, 3.63) is 56.5 Å². The van der Waals surface area contributed by atoms with Crippen molar-refractivity contribution < 1.29 is 29.2 Å². The van der Waals surface area contributed by atoms with Gasteiger partial charge in [-0.3, -0.25) is 0 Å². The second kappa shape index (κ2) is 13.3. The molecule has 8 heteroatoms. The van der Waals surface area contributed by atoms with Gasteiger partial charge >= 0.3 is 0 Å². The minimum atomic E-state index is -0.993. The first-order valence-corrected chi connectivity index (χ1v) is 11.4. The van der Waals surface area contributed by atoms with E-state index in [0.29, 0.717) is 24.7 Å². The number of ether oxygens (including phenoxy) is 4. The fourth-order valence-electron chi connectivity index (χ4n) is 2.84. The number of benzene rings is 2. The van der Waals surface area contributed by atoms with Gasteiger partial charge in [-0.2, -0.15) is 0 Å². The Morgan fingerprint density at radius 2 is 1.13 bits per heavy atom. The first kappa shape index (κ1) is 25.1. The molecular formula is C22H28Br2O6. The predicted molar refractivity (Wildman–Crippen MR) is 122 cm³/mol. The molecule has 0 amide bonds. The molecule has 30 heavy (non-hydrogen) atoms. The fourth-order valence-corrected chi connectivity index (χ4v) is 3.89. The Kier molecular flexibility index (Phi) is 11.1. The van der Waals surface area contributed by atoms with E-state index in [0.717, 1.165) is 20.1 Å². The molecule has 0 spiro atoms. The van der Waals surface area contributed by atoms with Crippen LogP contribution < -0.4 is 9.47 Å². The lowest BCUT2D eigenvalue weighted by atomic mass is 9.97. The first-order valence-electron chi connectivity index (χ1n) is 9.79. The summed E-state index contributed by atoms with van der Waals surface area (Å²) in [4.78, 5) is 0. The van der Waals surface area contributed by atoms with Gasteiger partial charge in [0.25, 0.3) is 0 Å². The van der Waals surface area contributed by atoms with Crippen LogP contribution in [0.5, 0.6) is 11.5 Å². The van der Waals surface area contributed by atoms with E-state index in [1.807, 2.05) is 50.2 Å². The average molecular weight is 548 g/mol. The van der Waals surface area contributed by atoms with Crippen LogP contribution in [0.4, 0.5) is 0 Å². The van der Waals surface area contributed by atoms with Gasteiger partial charge in [0.05, 0.1) is 21.2 Å². The lowest BCUT2D eigenvalue weighted by Crippen LogP contribution is -2.30. The molecule has 6 nitrogen and oxygen atoms in total. The molecule has 0 bridgehead atoms. The summed E-state index contributed by atoms with van der Waals surface area (Å²) < 4.78 is 23.4. The normalized spacial score (nSPS) is 13.1. The summed E-state index contributed by atoms with van der Waals surface area (Å²) in [5.41, 5.74) is 1.55. The van der Waals surface area contributed by atoms with Crippen molar-refractivity contribution in [1.82, 2.24) is 0 Å². The Morgan fingerprint density at radius 3 is 1.50 bits per heavy atom. The lowest BCUT2D eigenvalue weighted by Gasteiger charge is -2.21. The zero-order valence-corrected chi connectivity index (χ0v) is 20.3. The molecule has 0 aliphatic carbocycles. The van der Waals surface area contributed by atoms with Crippen molar-refractivity contribution in [1.29, 1.82) is 0 Å². The highest BCUT2D eigenvalue weighted by Crippen LogP contribution is 2.32. The van der Waals surface area contributed by atoms with Gasteiger partial charge < -0.3 is 29.2 Å². The average Bonchev–Trinajstić information content (AvgIpc) is 2.72. The van der Waals surface area contributed by atoms with Crippen molar-refractivity contribution in [2.45, 2.75) is 38.9 Å². The molecule has 166 valence electrons. The van der Waals surface area contributed by atoms with E-state index in [1.54, 1.807) is 0 Å². The molecule has 2 rings (SSSR count). The van der Waals surface area contributed by atoms with Gasteiger partial charge in [0, 0.05) is 26.1 Å². The first-order chi connectivity index (χ1) is 14.5. The molecule has 2 aromatic rings. The van der Waals surface area contributed by atoms with E-state index in [4.69, 9.17) is 18.9 Å². The molecular weight excluding hydrogens is 520 g/mol. The third-order valence-electron chi connectivity index (χ3n) is 4.38. The van der Waals surface area contributed by atoms with Crippen molar-refractivity contribution in [2.24, 2.45) is 0 Å². The number of para-hydroxylation sites is 2. The standard InChI is InChI=1S/C22H28Br2O6/c1-3-27-13-29-21-15(7-5-9-17(21)23)11-19(25)20(26)12-16-8-6-10-18(24)22(16)30-14-28-4-2/h5-10,19-20,25-26H,3-4,11-14H2,1-2H3. The van der Waals surface area contributed by atoms with Gasteiger partial charge in [0.2, 0.25) is 0 Å². The van der Waals surface area contributed by atoms with Crippen LogP contribution in [0, 0.1) is 0 Å². The molecule has 0 saturated heterocycles. The molecule has 0 radical (unpaired) electrons. The Bertz CT molecular complexity index is 721. The molecule has 0 fully saturated rings. The van der Waals surface area contributed by atoms with Crippen LogP contribution in [-0.4, -0.2) is 49.2 Å². The van der Waals surface area contributed by atoms with Crippen molar-refractivity contribution in [3.63, 3.8) is 0 Å². The van der Waals surface area contributed by atoms with Gasteiger partial charge in [-0.15, -0.1) is 0 Å². The predicted octanol–water partition coefficient (Wildman–Crippen LogP) is 4.46. The quantitative estimate of drug-likeness (QED) is 0.285. The molecule has 2 N–H and O–H groups in total. The van der Waals surface area contributed by atoms with Crippen molar-refractivity contribution in [2.75, 3.05) is 26.8 Å². The zero-order chi connectivity index (χ0) is 21.9. The van der Waals surface area contributed by atoms with Gasteiger partial charge in [0.1, 0.15) is 11.5 Å². The molecule has 2 unspecified atom stereocenters. The zero-order valence-electron chi connectivity index (χ0n) is 17.1. The number of aliphatic hydroxyl groups excluding tert-OH is 2. The van der Waals surface area contributed by atoms with Crippen LogP contribution in [0.3, 0.4) is 0 Å². The Morgan fingerprint density at radius 1 is 0.733 bits per heavy atom. The summed E-state index contributed by atoms with van der Waals surface area (Å²) in [6.07, 6.45) is -1.53. The van der Waals surface area contributed by atoms with Crippen LogP contribution in [0.2, 0.25) is 0 Å². The lowest BCUT2D eigenvalue weighted by molar-refractivity contribution is 0.0108. The van der Waals surface area contributed by atoms with Crippen molar-refractivity contribution >= 4 is 31.9 Å². The van der Waals surface area contributed by atoms with E-state index < -0.39 is 12.2 Å². The van der Waals surface area contributed by atoms with Gasteiger partial charge in [0.15, 0.2) is 13.6 Å². The van der Waals surface area contributed by atoms with Crippen LogP contribution in [-0.2, 0) is 22.3 Å². The van der Waals surface area contributed by atoms with E-state index in [9.17, 15) is 10.2 Å². The maximum Gasteiger partial charge on any atom is 0.189 e. The topological polar surface area (TPSA) is 77.4 Å². The molecule has 0 heterocycles. The summed E-state index contributed by atoms with van der Waals surface area (Å²) in [6, 6.07) is 11.2. The minimum absolute atomic E-state index is 0.114. The highest BCUT2D eigenvalue weighted by atomic mass is 79.9. The Labute approximate surface area is 194 Å². The number of hydrogen-bond acceptors (Lipinski definition) is 6. The maximum absolute atomic E-state index is 10.7. The molecule has 0 aliphatic rings. The third kappa shape index (κ3) is 7.51. The highest BCUT2D eigenvalue weighted by molar-refractivity contribution is 9.10. The summed E-state index contributed by atoms with van der Waals surface area (Å²) >= 11 is 6.94. The SMILES string of the molecule is CCOCOc1c(Br)cccc1CC(O)C(O)Cc1cccc(Br)c1OCOCC. The summed E-state index contributed by atoms with van der Waals surface area (Å²) in [5.74, 6) is 1.20. The van der Waals surface area contributed by atoms with Gasteiger partial charge in [-0.25, -0.2) is 0 Å².